The van der Waals surface area contributed by atoms with Crippen molar-refractivity contribution in [3.63, 3.8) is 0 Å². The van der Waals surface area contributed by atoms with E-state index in [0.717, 1.165) is 27.5 Å². The second-order valence-electron chi connectivity index (χ2n) is 6.91. The summed E-state index contributed by atoms with van der Waals surface area (Å²) in [5, 5.41) is 5.73. The third-order valence-corrected chi connectivity index (χ3v) is 6.31. The first-order valence-corrected chi connectivity index (χ1v) is 10.6. The second-order valence-corrected chi connectivity index (χ2v) is 8.33. The fourth-order valence-electron chi connectivity index (χ4n) is 3.81. The van der Waals surface area contributed by atoms with Crippen LogP contribution in [0.25, 0.3) is 5.69 Å². The number of hydrogen-bond donors (Lipinski definition) is 1. The van der Waals surface area contributed by atoms with E-state index in [1.807, 2.05) is 41.3 Å². The number of benzene rings is 2. The van der Waals surface area contributed by atoms with Crippen molar-refractivity contribution in [3.05, 3.63) is 106 Å². The molecule has 0 fully saturated rings. The molecule has 0 aliphatic carbocycles. The third-order valence-electron chi connectivity index (χ3n) is 5.13. The average Bonchev–Trinajstić information content (AvgIpc) is 3.41. The lowest BCUT2D eigenvalue weighted by molar-refractivity contribution is 0.195. The highest BCUT2D eigenvalue weighted by Gasteiger charge is 2.33. The van der Waals surface area contributed by atoms with Gasteiger partial charge in [-0.2, -0.15) is 0 Å². The SMILES string of the molecule is O=C(Nc1ccc(Cl)cc1)N1Cc2ccccc2-n2cccc2[C@H]1c1cccs1. The van der Waals surface area contributed by atoms with Crippen molar-refractivity contribution < 1.29 is 4.79 Å². The van der Waals surface area contributed by atoms with Gasteiger partial charge in [0, 0.05) is 21.8 Å². The van der Waals surface area contributed by atoms with Crippen molar-refractivity contribution in [3.8, 4) is 5.69 Å². The maximum Gasteiger partial charge on any atom is 0.323 e. The summed E-state index contributed by atoms with van der Waals surface area (Å²) in [7, 11) is 0. The molecule has 3 heterocycles. The highest BCUT2D eigenvalue weighted by Crippen LogP contribution is 2.38. The Balaban J connectivity index is 1.60. The van der Waals surface area contributed by atoms with Gasteiger partial charge in [-0.15, -0.1) is 11.3 Å². The van der Waals surface area contributed by atoms with Gasteiger partial charge in [-0.05, 0) is 59.5 Å². The van der Waals surface area contributed by atoms with Crippen molar-refractivity contribution in [2.45, 2.75) is 12.6 Å². The molecule has 0 bridgehead atoms. The number of rotatable bonds is 2. The van der Waals surface area contributed by atoms with Crippen LogP contribution in [0.15, 0.2) is 84.4 Å². The topological polar surface area (TPSA) is 37.3 Å². The molecule has 1 N–H and O–H groups in total. The van der Waals surface area contributed by atoms with Gasteiger partial charge in [-0.1, -0.05) is 35.9 Å². The fourth-order valence-corrected chi connectivity index (χ4v) is 4.79. The second kappa shape index (κ2) is 7.43. The van der Waals surface area contributed by atoms with E-state index in [1.165, 1.54) is 0 Å². The molecule has 0 unspecified atom stereocenters. The molecule has 2 aromatic carbocycles. The third kappa shape index (κ3) is 3.33. The van der Waals surface area contributed by atoms with Crippen LogP contribution < -0.4 is 5.32 Å². The number of anilines is 1. The van der Waals surface area contributed by atoms with E-state index in [0.29, 0.717) is 11.6 Å². The van der Waals surface area contributed by atoms with Crippen LogP contribution in [-0.2, 0) is 6.54 Å². The van der Waals surface area contributed by atoms with Crippen LogP contribution in [0.4, 0.5) is 10.5 Å². The van der Waals surface area contributed by atoms with E-state index in [-0.39, 0.29) is 12.1 Å². The van der Waals surface area contributed by atoms with Crippen LogP contribution in [0.1, 0.15) is 22.2 Å². The summed E-state index contributed by atoms with van der Waals surface area (Å²) in [4.78, 5) is 16.5. The van der Waals surface area contributed by atoms with Crippen LogP contribution in [0, 0.1) is 0 Å². The van der Waals surface area contributed by atoms with Gasteiger partial charge in [0.15, 0.2) is 0 Å². The summed E-state index contributed by atoms with van der Waals surface area (Å²) in [6.07, 6.45) is 2.06. The molecule has 0 saturated carbocycles. The van der Waals surface area contributed by atoms with Gasteiger partial charge in [0.1, 0.15) is 6.04 Å². The Morgan fingerprint density at radius 3 is 2.62 bits per heavy atom. The molecule has 4 nitrogen and oxygen atoms in total. The first kappa shape index (κ1) is 18.0. The summed E-state index contributed by atoms with van der Waals surface area (Å²) >= 11 is 7.65. The smallest absolute Gasteiger partial charge is 0.318 e. The fraction of sp³-hybridized carbons (Fsp3) is 0.0870. The molecule has 6 heteroatoms. The number of carbonyl (C=O) groups is 1. The van der Waals surface area contributed by atoms with E-state index < -0.39 is 0 Å². The summed E-state index contributed by atoms with van der Waals surface area (Å²) in [5.41, 5.74) is 4.01. The largest absolute Gasteiger partial charge is 0.323 e. The van der Waals surface area contributed by atoms with Gasteiger partial charge in [0.25, 0.3) is 0 Å². The zero-order chi connectivity index (χ0) is 19.8. The molecular formula is C23H18ClN3OS. The number of carbonyl (C=O) groups excluding carboxylic acids is 1. The molecule has 1 aliphatic heterocycles. The molecule has 4 aromatic rings. The first-order valence-electron chi connectivity index (χ1n) is 9.33. The molecule has 29 heavy (non-hydrogen) atoms. The van der Waals surface area contributed by atoms with Gasteiger partial charge in [0.05, 0.1) is 17.9 Å². The molecule has 2 amide bonds. The molecule has 2 aromatic heterocycles. The summed E-state index contributed by atoms with van der Waals surface area (Å²) in [5.74, 6) is 0. The van der Waals surface area contributed by atoms with Crippen molar-refractivity contribution >= 4 is 34.7 Å². The Morgan fingerprint density at radius 1 is 1.00 bits per heavy atom. The van der Waals surface area contributed by atoms with Crippen LogP contribution >= 0.6 is 22.9 Å². The number of amides is 2. The number of halogens is 1. The van der Waals surface area contributed by atoms with Crippen LogP contribution in [-0.4, -0.2) is 15.5 Å². The number of urea groups is 1. The molecule has 0 saturated heterocycles. The van der Waals surface area contributed by atoms with E-state index in [1.54, 1.807) is 23.5 Å². The highest BCUT2D eigenvalue weighted by molar-refractivity contribution is 7.10. The molecule has 144 valence electrons. The van der Waals surface area contributed by atoms with Crippen molar-refractivity contribution in [2.75, 3.05) is 5.32 Å². The predicted octanol–water partition coefficient (Wildman–Crippen LogP) is 6.33. The molecule has 1 atom stereocenters. The summed E-state index contributed by atoms with van der Waals surface area (Å²) in [6, 6.07) is 23.3. The minimum absolute atomic E-state index is 0.143. The quantitative estimate of drug-likeness (QED) is 0.405. The number of hydrogen-bond acceptors (Lipinski definition) is 2. The predicted molar refractivity (Wildman–Crippen MR) is 118 cm³/mol. The minimum atomic E-state index is -0.176. The lowest BCUT2D eigenvalue weighted by Gasteiger charge is -2.30. The highest BCUT2D eigenvalue weighted by atomic mass is 35.5. The number of nitrogens with zero attached hydrogens (tertiary/aromatic N) is 2. The molecule has 5 rings (SSSR count). The van der Waals surface area contributed by atoms with Gasteiger partial charge >= 0.3 is 6.03 Å². The van der Waals surface area contributed by atoms with Crippen molar-refractivity contribution in [1.29, 1.82) is 0 Å². The lowest BCUT2D eigenvalue weighted by atomic mass is 10.1. The van der Waals surface area contributed by atoms with Crippen LogP contribution in [0.3, 0.4) is 0 Å². The van der Waals surface area contributed by atoms with Crippen molar-refractivity contribution in [2.24, 2.45) is 0 Å². The summed E-state index contributed by atoms with van der Waals surface area (Å²) < 4.78 is 2.19. The van der Waals surface area contributed by atoms with E-state index >= 15 is 0 Å². The van der Waals surface area contributed by atoms with E-state index in [9.17, 15) is 4.79 Å². The Hall–Kier alpha value is -3.02. The van der Waals surface area contributed by atoms with Gasteiger partial charge < -0.3 is 14.8 Å². The first-order chi connectivity index (χ1) is 14.2. The molecule has 1 aliphatic rings. The van der Waals surface area contributed by atoms with Gasteiger partial charge in [-0.25, -0.2) is 4.79 Å². The molecular weight excluding hydrogens is 402 g/mol. The Morgan fingerprint density at radius 2 is 1.83 bits per heavy atom. The zero-order valence-corrected chi connectivity index (χ0v) is 17.0. The zero-order valence-electron chi connectivity index (χ0n) is 15.5. The van der Waals surface area contributed by atoms with Crippen molar-refractivity contribution in [1.82, 2.24) is 9.47 Å². The van der Waals surface area contributed by atoms with Gasteiger partial charge in [0.2, 0.25) is 0 Å². The number of thiophene rings is 1. The lowest BCUT2D eigenvalue weighted by Crippen LogP contribution is -2.37. The maximum atomic E-state index is 13.4. The average molecular weight is 420 g/mol. The number of fused-ring (bicyclic) bond motifs is 3. The normalized spacial score (nSPS) is 15.3. The standard InChI is InChI=1S/C23H18ClN3OS/c24-17-9-11-18(12-10-17)25-23(28)27-15-16-5-1-2-6-19(16)26-13-3-7-20(26)22(27)21-8-4-14-29-21/h1-14,22H,15H2,(H,25,28)/t22-/m0/s1. The number of aromatic nitrogens is 1. The van der Waals surface area contributed by atoms with Crippen LogP contribution in [0.2, 0.25) is 5.02 Å². The van der Waals surface area contributed by atoms with E-state index in [4.69, 9.17) is 11.6 Å². The Kier molecular flexibility index (Phi) is 4.62. The van der Waals surface area contributed by atoms with Crippen LogP contribution in [0.5, 0.6) is 0 Å². The maximum absolute atomic E-state index is 13.4. The summed E-state index contributed by atoms with van der Waals surface area (Å²) in [6.45, 7) is 0.514. The monoisotopic (exact) mass is 419 g/mol. The number of para-hydroxylation sites is 1. The molecule has 0 radical (unpaired) electrons. The van der Waals surface area contributed by atoms with E-state index in [2.05, 4.69) is 45.7 Å². The Labute approximate surface area is 178 Å². The Bertz CT molecular complexity index is 1150. The number of nitrogens with one attached hydrogen (secondary N) is 1. The molecule has 0 spiro atoms. The minimum Gasteiger partial charge on any atom is -0.318 e. The van der Waals surface area contributed by atoms with Gasteiger partial charge in [-0.3, -0.25) is 0 Å².